The number of aromatic nitrogens is 2. The van der Waals surface area contributed by atoms with Crippen molar-refractivity contribution in [3.05, 3.63) is 12.4 Å². The van der Waals surface area contributed by atoms with Crippen molar-refractivity contribution < 1.29 is 0 Å². The summed E-state index contributed by atoms with van der Waals surface area (Å²) in [4.78, 5) is 6.75. The standard InChI is InChI=1S/C10H16ClN3/c1-13-8-6-12-10(13)14-7-2-3-9(14)4-5-11/h6,8-9H,2-5,7H2,1H3. The predicted molar refractivity (Wildman–Crippen MR) is 58.9 cm³/mol. The Hall–Kier alpha value is -0.700. The molecule has 1 aromatic rings. The molecule has 0 N–H and O–H groups in total. The Morgan fingerprint density at radius 2 is 2.50 bits per heavy atom. The van der Waals surface area contributed by atoms with Crippen LogP contribution in [-0.2, 0) is 7.05 Å². The van der Waals surface area contributed by atoms with Crippen molar-refractivity contribution in [1.29, 1.82) is 0 Å². The quantitative estimate of drug-likeness (QED) is 0.717. The van der Waals surface area contributed by atoms with Gasteiger partial charge in [0, 0.05) is 37.9 Å². The van der Waals surface area contributed by atoms with E-state index in [1.54, 1.807) is 0 Å². The lowest BCUT2D eigenvalue weighted by molar-refractivity contribution is 0.629. The largest absolute Gasteiger partial charge is 0.339 e. The van der Waals surface area contributed by atoms with E-state index in [1.165, 1.54) is 12.8 Å². The minimum Gasteiger partial charge on any atom is -0.339 e. The molecule has 1 saturated heterocycles. The van der Waals surface area contributed by atoms with E-state index < -0.39 is 0 Å². The SMILES string of the molecule is Cn1ccnc1N1CCCC1CCCl. The van der Waals surface area contributed by atoms with E-state index >= 15 is 0 Å². The van der Waals surface area contributed by atoms with Crippen LogP contribution in [0.2, 0.25) is 0 Å². The second-order valence-electron chi connectivity index (χ2n) is 3.81. The molecule has 1 unspecified atom stereocenters. The first-order valence-electron chi connectivity index (χ1n) is 5.13. The Kier molecular flexibility index (Phi) is 2.96. The van der Waals surface area contributed by atoms with Crippen molar-refractivity contribution in [2.75, 3.05) is 17.3 Å². The summed E-state index contributed by atoms with van der Waals surface area (Å²) in [6.45, 7) is 1.12. The van der Waals surface area contributed by atoms with E-state index in [2.05, 4.69) is 14.5 Å². The monoisotopic (exact) mass is 213 g/mol. The molecule has 4 heteroatoms. The molecule has 2 heterocycles. The topological polar surface area (TPSA) is 21.1 Å². The van der Waals surface area contributed by atoms with Gasteiger partial charge in [-0.05, 0) is 19.3 Å². The van der Waals surface area contributed by atoms with Crippen LogP contribution in [0.25, 0.3) is 0 Å². The molecule has 1 aliphatic rings. The third-order valence-corrected chi connectivity index (χ3v) is 3.09. The molecule has 14 heavy (non-hydrogen) atoms. The zero-order chi connectivity index (χ0) is 9.97. The molecule has 1 aromatic heterocycles. The van der Waals surface area contributed by atoms with E-state index in [0.717, 1.165) is 24.8 Å². The number of hydrogen-bond donors (Lipinski definition) is 0. The number of alkyl halides is 1. The lowest BCUT2D eigenvalue weighted by atomic mass is 10.2. The van der Waals surface area contributed by atoms with Crippen molar-refractivity contribution in [2.24, 2.45) is 7.05 Å². The van der Waals surface area contributed by atoms with Crippen molar-refractivity contribution >= 4 is 17.5 Å². The van der Waals surface area contributed by atoms with Crippen molar-refractivity contribution in [3.63, 3.8) is 0 Å². The molecular weight excluding hydrogens is 198 g/mol. The summed E-state index contributed by atoms with van der Waals surface area (Å²) >= 11 is 5.79. The molecule has 3 nitrogen and oxygen atoms in total. The highest BCUT2D eigenvalue weighted by atomic mass is 35.5. The lowest BCUT2D eigenvalue weighted by Gasteiger charge is -2.24. The molecular formula is C10H16ClN3. The highest BCUT2D eigenvalue weighted by Crippen LogP contribution is 2.25. The second-order valence-corrected chi connectivity index (χ2v) is 4.18. The van der Waals surface area contributed by atoms with Crippen LogP contribution in [0, 0.1) is 0 Å². The van der Waals surface area contributed by atoms with Gasteiger partial charge in [0.15, 0.2) is 0 Å². The lowest BCUT2D eigenvalue weighted by Crippen LogP contribution is -2.31. The van der Waals surface area contributed by atoms with Crippen molar-refractivity contribution in [1.82, 2.24) is 9.55 Å². The summed E-state index contributed by atoms with van der Waals surface area (Å²) in [5.41, 5.74) is 0. The molecule has 0 aliphatic carbocycles. The summed E-state index contributed by atoms with van der Waals surface area (Å²) in [5, 5.41) is 0. The maximum absolute atomic E-state index is 5.79. The molecule has 0 radical (unpaired) electrons. The zero-order valence-corrected chi connectivity index (χ0v) is 9.24. The number of rotatable bonds is 3. The molecule has 1 fully saturated rings. The molecule has 0 aromatic carbocycles. The molecule has 2 rings (SSSR count). The number of halogens is 1. The van der Waals surface area contributed by atoms with Crippen LogP contribution >= 0.6 is 11.6 Å². The third kappa shape index (κ3) is 1.73. The van der Waals surface area contributed by atoms with E-state index in [4.69, 9.17) is 11.6 Å². The van der Waals surface area contributed by atoms with Crippen LogP contribution in [0.4, 0.5) is 5.95 Å². The normalized spacial score (nSPS) is 21.9. The first-order valence-corrected chi connectivity index (χ1v) is 5.66. The number of anilines is 1. The van der Waals surface area contributed by atoms with Crippen LogP contribution in [0.1, 0.15) is 19.3 Å². The Bertz CT molecular complexity index is 297. The van der Waals surface area contributed by atoms with E-state index in [1.807, 2.05) is 19.4 Å². The van der Waals surface area contributed by atoms with Gasteiger partial charge in [0.05, 0.1) is 0 Å². The molecule has 1 atom stereocenters. The fourth-order valence-electron chi connectivity index (χ4n) is 2.16. The summed E-state index contributed by atoms with van der Waals surface area (Å²) < 4.78 is 2.08. The van der Waals surface area contributed by atoms with Gasteiger partial charge in [-0.2, -0.15) is 0 Å². The van der Waals surface area contributed by atoms with Gasteiger partial charge >= 0.3 is 0 Å². The first kappa shape index (κ1) is 9.84. The third-order valence-electron chi connectivity index (χ3n) is 2.87. The van der Waals surface area contributed by atoms with Crippen molar-refractivity contribution in [3.8, 4) is 0 Å². The minimum absolute atomic E-state index is 0.591. The van der Waals surface area contributed by atoms with Gasteiger partial charge in [-0.3, -0.25) is 0 Å². The Morgan fingerprint density at radius 3 is 3.14 bits per heavy atom. The van der Waals surface area contributed by atoms with Crippen LogP contribution in [0.15, 0.2) is 12.4 Å². The van der Waals surface area contributed by atoms with Crippen molar-refractivity contribution in [2.45, 2.75) is 25.3 Å². The maximum atomic E-state index is 5.79. The summed E-state index contributed by atoms with van der Waals surface area (Å²) in [6.07, 6.45) is 7.42. The number of nitrogens with zero attached hydrogens (tertiary/aromatic N) is 3. The van der Waals surface area contributed by atoms with E-state index in [9.17, 15) is 0 Å². The molecule has 0 spiro atoms. The molecule has 0 amide bonds. The van der Waals surface area contributed by atoms with Crippen LogP contribution in [-0.4, -0.2) is 28.0 Å². The average molecular weight is 214 g/mol. The Labute approximate surface area is 89.7 Å². The van der Waals surface area contributed by atoms with Gasteiger partial charge in [0.2, 0.25) is 5.95 Å². The minimum atomic E-state index is 0.591. The van der Waals surface area contributed by atoms with Crippen LogP contribution in [0.5, 0.6) is 0 Å². The molecule has 78 valence electrons. The maximum Gasteiger partial charge on any atom is 0.205 e. The Balaban J connectivity index is 2.13. The number of imidazole rings is 1. The van der Waals surface area contributed by atoms with Crippen LogP contribution < -0.4 is 4.90 Å². The molecule has 0 bridgehead atoms. The smallest absolute Gasteiger partial charge is 0.205 e. The Morgan fingerprint density at radius 1 is 1.64 bits per heavy atom. The fourth-order valence-corrected chi connectivity index (χ4v) is 2.41. The molecule has 0 saturated carbocycles. The fraction of sp³-hybridized carbons (Fsp3) is 0.700. The summed E-state index contributed by atoms with van der Waals surface area (Å²) in [5.74, 6) is 1.82. The van der Waals surface area contributed by atoms with Crippen LogP contribution in [0.3, 0.4) is 0 Å². The second kappa shape index (κ2) is 4.22. The highest BCUT2D eigenvalue weighted by Gasteiger charge is 2.26. The first-order chi connectivity index (χ1) is 6.83. The number of aryl methyl sites for hydroxylation is 1. The van der Waals surface area contributed by atoms with E-state index in [-0.39, 0.29) is 0 Å². The van der Waals surface area contributed by atoms with E-state index in [0.29, 0.717) is 6.04 Å². The van der Waals surface area contributed by atoms with Gasteiger partial charge in [0.1, 0.15) is 0 Å². The average Bonchev–Trinajstić information content (AvgIpc) is 2.74. The zero-order valence-electron chi connectivity index (χ0n) is 8.49. The summed E-state index contributed by atoms with van der Waals surface area (Å²) in [6, 6.07) is 0.591. The predicted octanol–water partition coefficient (Wildman–Crippen LogP) is 2.02. The van der Waals surface area contributed by atoms with Gasteiger partial charge in [-0.25, -0.2) is 4.98 Å². The number of hydrogen-bond acceptors (Lipinski definition) is 2. The summed E-state index contributed by atoms with van der Waals surface area (Å²) in [7, 11) is 2.04. The van der Waals surface area contributed by atoms with Gasteiger partial charge in [-0.15, -0.1) is 11.6 Å². The van der Waals surface area contributed by atoms with Gasteiger partial charge in [-0.1, -0.05) is 0 Å². The van der Waals surface area contributed by atoms with Gasteiger partial charge in [0.25, 0.3) is 0 Å². The van der Waals surface area contributed by atoms with Gasteiger partial charge < -0.3 is 9.47 Å². The highest BCUT2D eigenvalue weighted by molar-refractivity contribution is 6.17. The molecule has 1 aliphatic heterocycles.